The van der Waals surface area contributed by atoms with E-state index in [4.69, 9.17) is 9.47 Å². The monoisotopic (exact) mass is 363 g/mol. The first kappa shape index (κ1) is 19.4. The van der Waals surface area contributed by atoms with E-state index in [2.05, 4.69) is 5.32 Å². The van der Waals surface area contributed by atoms with E-state index in [9.17, 15) is 18.4 Å². The Morgan fingerprint density at radius 3 is 2.38 bits per heavy atom. The van der Waals surface area contributed by atoms with Crippen LogP contribution in [0.15, 0.2) is 42.5 Å². The smallest absolute Gasteiger partial charge is 0.338 e. The summed E-state index contributed by atoms with van der Waals surface area (Å²) in [5.41, 5.74) is 0.329. The molecule has 1 amide bonds. The van der Waals surface area contributed by atoms with Crippen molar-refractivity contribution in [3.05, 3.63) is 59.7 Å². The summed E-state index contributed by atoms with van der Waals surface area (Å²) in [6, 6.07) is 9.29. The Morgan fingerprint density at radius 2 is 1.77 bits per heavy atom. The van der Waals surface area contributed by atoms with Crippen LogP contribution in [-0.2, 0) is 9.53 Å². The van der Waals surface area contributed by atoms with E-state index in [-0.39, 0.29) is 11.3 Å². The maximum atomic E-state index is 13.2. The lowest BCUT2D eigenvalue weighted by atomic mass is 10.2. The van der Waals surface area contributed by atoms with Gasteiger partial charge in [-0.1, -0.05) is 6.92 Å². The van der Waals surface area contributed by atoms with Crippen molar-refractivity contribution in [3.63, 3.8) is 0 Å². The molecule has 2 aromatic rings. The van der Waals surface area contributed by atoms with Gasteiger partial charge in [0.1, 0.15) is 5.75 Å². The van der Waals surface area contributed by atoms with Crippen LogP contribution in [0.4, 0.5) is 14.5 Å². The largest absolute Gasteiger partial charge is 0.494 e. The second-order valence-corrected chi connectivity index (χ2v) is 5.54. The molecule has 7 heteroatoms. The van der Waals surface area contributed by atoms with Gasteiger partial charge in [0.25, 0.3) is 5.91 Å². The molecule has 1 atom stereocenters. The number of anilines is 1. The first-order chi connectivity index (χ1) is 12.4. The second-order valence-electron chi connectivity index (χ2n) is 5.54. The molecule has 0 aliphatic carbocycles. The van der Waals surface area contributed by atoms with Crippen LogP contribution >= 0.6 is 0 Å². The highest BCUT2D eigenvalue weighted by Gasteiger charge is 2.19. The molecule has 2 aromatic carbocycles. The van der Waals surface area contributed by atoms with Crippen LogP contribution in [0.1, 0.15) is 30.6 Å². The van der Waals surface area contributed by atoms with Crippen LogP contribution in [0.25, 0.3) is 0 Å². The summed E-state index contributed by atoms with van der Waals surface area (Å²) in [7, 11) is 0. The van der Waals surface area contributed by atoms with E-state index in [1.54, 1.807) is 12.1 Å². The number of ether oxygens (including phenoxy) is 2. The van der Waals surface area contributed by atoms with Crippen molar-refractivity contribution in [1.82, 2.24) is 0 Å². The molecule has 2 rings (SSSR count). The molecule has 0 aliphatic heterocycles. The van der Waals surface area contributed by atoms with Gasteiger partial charge in [0.15, 0.2) is 17.7 Å². The van der Waals surface area contributed by atoms with Gasteiger partial charge >= 0.3 is 5.97 Å². The van der Waals surface area contributed by atoms with Gasteiger partial charge in [-0.05, 0) is 49.7 Å². The van der Waals surface area contributed by atoms with Gasteiger partial charge in [-0.3, -0.25) is 4.79 Å². The third kappa shape index (κ3) is 5.27. The minimum Gasteiger partial charge on any atom is -0.494 e. The molecule has 0 heterocycles. The Bertz CT molecular complexity index is 778. The summed E-state index contributed by atoms with van der Waals surface area (Å²) in [4.78, 5) is 24.1. The lowest BCUT2D eigenvalue weighted by molar-refractivity contribution is -0.123. The Balaban J connectivity index is 1.92. The van der Waals surface area contributed by atoms with E-state index < -0.39 is 29.6 Å². The van der Waals surface area contributed by atoms with E-state index in [1.807, 2.05) is 6.92 Å². The Kier molecular flexibility index (Phi) is 6.66. The SMILES string of the molecule is CCCOc1ccc(C(=O)O[C@@H](C)C(=O)Nc2ccc(F)c(F)c2)cc1. The van der Waals surface area contributed by atoms with Crippen molar-refractivity contribution in [2.45, 2.75) is 26.4 Å². The highest BCUT2D eigenvalue weighted by molar-refractivity contribution is 5.97. The lowest BCUT2D eigenvalue weighted by Crippen LogP contribution is -2.30. The molecular weight excluding hydrogens is 344 g/mol. The van der Waals surface area contributed by atoms with Gasteiger partial charge in [0.2, 0.25) is 0 Å². The van der Waals surface area contributed by atoms with Crippen LogP contribution in [0.5, 0.6) is 5.75 Å². The van der Waals surface area contributed by atoms with Gasteiger partial charge in [-0.15, -0.1) is 0 Å². The highest BCUT2D eigenvalue weighted by Crippen LogP contribution is 2.16. The molecule has 0 fully saturated rings. The molecule has 26 heavy (non-hydrogen) atoms. The predicted octanol–water partition coefficient (Wildman–Crippen LogP) is 3.94. The highest BCUT2D eigenvalue weighted by atomic mass is 19.2. The molecule has 5 nitrogen and oxygen atoms in total. The average molecular weight is 363 g/mol. The molecule has 1 N–H and O–H groups in total. The summed E-state index contributed by atoms with van der Waals surface area (Å²) in [6.07, 6.45) is -0.249. The maximum absolute atomic E-state index is 13.2. The molecule has 138 valence electrons. The van der Waals surface area contributed by atoms with E-state index >= 15 is 0 Å². The third-order valence-electron chi connectivity index (χ3n) is 3.40. The molecule has 0 aromatic heterocycles. The molecule has 0 saturated carbocycles. The van der Waals surface area contributed by atoms with E-state index in [1.165, 1.54) is 25.1 Å². The number of carbonyl (C=O) groups excluding carboxylic acids is 2. The van der Waals surface area contributed by atoms with Crippen molar-refractivity contribution in [1.29, 1.82) is 0 Å². The number of carbonyl (C=O) groups is 2. The van der Waals surface area contributed by atoms with Gasteiger partial charge in [-0.2, -0.15) is 0 Å². The molecule has 0 radical (unpaired) electrons. The van der Waals surface area contributed by atoms with Crippen LogP contribution in [-0.4, -0.2) is 24.6 Å². The van der Waals surface area contributed by atoms with Crippen LogP contribution in [0.3, 0.4) is 0 Å². The van der Waals surface area contributed by atoms with Gasteiger partial charge < -0.3 is 14.8 Å². The standard InChI is InChI=1S/C19H19F2NO4/c1-3-10-25-15-7-4-13(5-8-15)19(24)26-12(2)18(23)22-14-6-9-16(20)17(21)11-14/h4-9,11-12H,3,10H2,1-2H3,(H,22,23)/t12-/m0/s1. The van der Waals surface area contributed by atoms with E-state index in [0.717, 1.165) is 18.6 Å². The van der Waals surface area contributed by atoms with Crippen molar-refractivity contribution >= 4 is 17.6 Å². The van der Waals surface area contributed by atoms with Crippen molar-refractivity contribution in [3.8, 4) is 5.75 Å². The summed E-state index contributed by atoms with van der Waals surface area (Å²) in [6.45, 7) is 3.94. The number of benzene rings is 2. The molecule has 0 aliphatic rings. The van der Waals surface area contributed by atoms with E-state index in [0.29, 0.717) is 12.4 Å². The van der Waals surface area contributed by atoms with Gasteiger partial charge in [-0.25, -0.2) is 13.6 Å². The Morgan fingerprint density at radius 1 is 1.08 bits per heavy atom. The lowest BCUT2D eigenvalue weighted by Gasteiger charge is -2.14. The fourth-order valence-electron chi connectivity index (χ4n) is 2.01. The fourth-order valence-corrected chi connectivity index (χ4v) is 2.01. The first-order valence-electron chi connectivity index (χ1n) is 8.10. The second kappa shape index (κ2) is 8.94. The van der Waals surface area contributed by atoms with Crippen molar-refractivity contribution in [2.24, 2.45) is 0 Å². The first-order valence-corrected chi connectivity index (χ1v) is 8.10. The van der Waals surface area contributed by atoms with Gasteiger partial charge in [0, 0.05) is 11.8 Å². The van der Waals surface area contributed by atoms with Crippen LogP contribution < -0.4 is 10.1 Å². The topological polar surface area (TPSA) is 64.6 Å². The minimum absolute atomic E-state index is 0.0641. The number of amides is 1. The number of rotatable bonds is 7. The Labute approximate surface area is 149 Å². The zero-order chi connectivity index (χ0) is 19.1. The number of halogens is 2. The molecule has 0 unspecified atom stereocenters. The zero-order valence-corrected chi connectivity index (χ0v) is 14.4. The number of nitrogens with one attached hydrogen (secondary N) is 1. The minimum atomic E-state index is -1.12. The van der Waals surface area contributed by atoms with Crippen LogP contribution in [0.2, 0.25) is 0 Å². The molecule has 0 bridgehead atoms. The average Bonchev–Trinajstić information content (AvgIpc) is 2.63. The summed E-state index contributed by atoms with van der Waals surface area (Å²) >= 11 is 0. The normalized spacial score (nSPS) is 11.5. The molecule has 0 saturated heterocycles. The third-order valence-corrected chi connectivity index (χ3v) is 3.40. The van der Waals surface area contributed by atoms with Crippen molar-refractivity contribution < 1.29 is 27.8 Å². The van der Waals surface area contributed by atoms with Crippen LogP contribution in [0, 0.1) is 11.6 Å². The van der Waals surface area contributed by atoms with Gasteiger partial charge in [0.05, 0.1) is 12.2 Å². The Hall–Kier alpha value is -2.96. The summed E-state index contributed by atoms with van der Waals surface area (Å²) < 4.78 is 36.5. The molecular formula is C19H19F2NO4. The fraction of sp³-hybridized carbons (Fsp3) is 0.263. The number of hydrogen-bond acceptors (Lipinski definition) is 4. The number of esters is 1. The quantitative estimate of drug-likeness (QED) is 0.757. The summed E-state index contributed by atoms with van der Waals surface area (Å²) in [5.74, 6) is -2.81. The number of hydrogen-bond donors (Lipinski definition) is 1. The van der Waals surface area contributed by atoms with Crippen molar-refractivity contribution in [2.75, 3.05) is 11.9 Å². The molecule has 0 spiro atoms. The summed E-state index contributed by atoms with van der Waals surface area (Å²) in [5, 5.41) is 2.36. The zero-order valence-electron chi connectivity index (χ0n) is 14.4. The predicted molar refractivity (Wildman–Crippen MR) is 92.1 cm³/mol. The maximum Gasteiger partial charge on any atom is 0.338 e.